The lowest BCUT2D eigenvalue weighted by Gasteiger charge is -2.30. The molecule has 0 saturated carbocycles. The highest BCUT2D eigenvalue weighted by Gasteiger charge is 2.28. The molecule has 162 valence electrons. The minimum Gasteiger partial charge on any atom is -0.482 e. The number of amides is 2. The molecular weight excluding hydrogens is 439 g/mol. The van der Waals surface area contributed by atoms with Gasteiger partial charge in [0.15, 0.2) is 18.1 Å². The molecule has 2 amide bonds. The summed E-state index contributed by atoms with van der Waals surface area (Å²) in [6.45, 7) is -0.136. The first-order valence-corrected chi connectivity index (χ1v) is 10.1. The molecule has 3 aromatic carbocycles. The van der Waals surface area contributed by atoms with Crippen LogP contribution in [0.15, 0.2) is 54.6 Å². The molecule has 0 unspecified atom stereocenters. The maximum Gasteiger partial charge on any atom is 0.265 e. The van der Waals surface area contributed by atoms with Gasteiger partial charge in [-0.1, -0.05) is 17.7 Å². The van der Waals surface area contributed by atoms with Gasteiger partial charge in [0.25, 0.3) is 11.8 Å². The van der Waals surface area contributed by atoms with Gasteiger partial charge in [-0.3, -0.25) is 9.59 Å². The molecular formula is C23H16ClFN2O5. The number of benzene rings is 3. The highest BCUT2D eigenvalue weighted by atomic mass is 35.5. The molecule has 0 bridgehead atoms. The Hall–Kier alpha value is -3.78. The highest BCUT2D eigenvalue weighted by Crippen LogP contribution is 2.37. The van der Waals surface area contributed by atoms with Crippen molar-refractivity contribution in [3.63, 3.8) is 0 Å². The molecule has 9 heteroatoms. The van der Waals surface area contributed by atoms with Crippen LogP contribution in [-0.4, -0.2) is 25.2 Å². The van der Waals surface area contributed by atoms with Gasteiger partial charge in [-0.2, -0.15) is 0 Å². The lowest BCUT2D eigenvalue weighted by Crippen LogP contribution is -2.38. The van der Waals surface area contributed by atoms with Crippen LogP contribution in [0.5, 0.6) is 17.2 Å². The van der Waals surface area contributed by atoms with Gasteiger partial charge < -0.3 is 24.4 Å². The van der Waals surface area contributed by atoms with Crippen LogP contribution >= 0.6 is 11.6 Å². The summed E-state index contributed by atoms with van der Waals surface area (Å²) in [7, 11) is 0. The summed E-state index contributed by atoms with van der Waals surface area (Å²) < 4.78 is 30.4. The number of carbonyl (C=O) groups is 2. The fourth-order valence-electron chi connectivity index (χ4n) is 3.54. The molecule has 2 aliphatic heterocycles. The van der Waals surface area contributed by atoms with E-state index in [0.717, 1.165) is 0 Å². The molecule has 2 heterocycles. The Balaban J connectivity index is 1.42. The first kappa shape index (κ1) is 20.1. The van der Waals surface area contributed by atoms with Crippen molar-refractivity contribution >= 4 is 34.8 Å². The van der Waals surface area contributed by atoms with Gasteiger partial charge in [-0.05, 0) is 48.5 Å². The molecule has 0 radical (unpaired) electrons. The van der Waals surface area contributed by atoms with E-state index in [0.29, 0.717) is 34.2 Å². The lowest BCUT2D eigenvalue weighted by molar-refractivity contribution is -0.121. The number of ether oxygens (including phenoxy) is 3. The van der Waals surface area contributed by atoms with Crippen molar-refractivity contribution < 1.29 is 28.2 Å². The average Bonchev–Trinajstić information content (AvgIpc) is 3.25. The fourth-order valence-corrected chi connectivity index (χ4v) is 3.76. The van der Waals surface area contributed by atoms with E-state index in [4.69, 9.17) is 25.8 Å². The Morgan fingerprint density at radius 2 is 1.84 bits per heavy atom. The molecule has 3 aromatic rings. The lowest BCUT2D eigenvalue weighted by atomic mass is 10.1. The summed E-state index contributed by atoms with van der Waals surface area (Å²) >= 11 is 6.15. The number of nitrogens with one attached hydrogen (secondary N) is 1. The quantitative estimate of drug-likeness (QED) is 0.633. The van der Waals surface area contributed by atoms with E-state index in [1.54, 1.807) is 42.5 Å². The summed E-state index contributed by atoms with van der Waals surface area (Å²) in [5, 5.41) is 3.01. The number of halogens is 2. The first-order chi connectivity index (χ1) is 15.5. The third-order valence-corrected chi connectivity index (χ3v) is 5.53. The van der Waals surface area contributed by atoms with Gasteiger partial charge in [0.2, 0.25) is 6.79 Å². The maximum atomic E-state index is 14.3. The summed E-state index contributed by atoms with van der Waals surface area (Å²) in [4.78, 5) is 26.7. The smallest absolute Gasteiger partial charge is 0.265 e. The number of fused-ring (bicyclic) bond motifs is 2. The molecule has 1 N–H and O–H groups in total. The minimum absolute atomic E-state index is 0.0692. The van der Waals surface area contributed by atoms with Crippen LogP contribution in [-0.2, 0) is 11.3 Å². The molecule has 32 heavy (non-hydrogen) atoms. The molecule has 0 saturated heterocycles. The summed E-state index contributed by atoms with van der Waals surface area (Å²) in [5.41, 5.74) is 1.43. The summed E-state index contributed by atoms with van der Waals surface area (Å²) in [5.74, 6) is 0.290. The maximum absolute atomic E-state index is 14.3. The van der Waals surface area contributed by atoms with Crippen molar-refractivity contribution in [2.75, 3.05) is 23.6 Å². The number of hydrogen-bond acceptors (Lipinski definition) is 5. The third kappa shape index (κ3) is 3.69. The van der Waals surface area contributed by atoms with Crippen molar-refractivity contribution in [2.45, 2.75) is 6.54 Å². The van der Waals surface area contributed by atoms with Gasteiger partial charge >= 0.3 is 0 Å². The zero-order valence-corrected chi connectivity index (χ0v) is 17.3. The molecule has 0 spiro atoms. The Morgan fingerprint density at radius 1 is 1.03 bits per heavy atom. The highest BCUT2D eigenvalue weighted by molar-refractivity contribution is 6.31. The molecule has 5 rings (SSSR count). The SMILES string of the molecule is O=C(Nc1ccc2c(c1)N(Cc1c(F)cccc1Cl)C(=O)CO2)c1ccc2c(c1)OCO2. The second-order valence-electron chi connectivity index (χ2n) is 7.17. The molecule has 7 nitrogen and oxygen atoms in total. The van der Waals surface area contributed by atoms with Crippen LogP contribution in [0.4, 0.5) is 15.8 Å². The molecule has 0 aliphatic carbocycles. The Bertz CT molecular complexity index is 1230. The monoisotopic (exact) mass is 454 g/mol. The summed E-state index contributed by atoms with van der Waals surface area (Å²) in [6.07, 6.45) is 0. The van der Waals surface area contributed by atoms with E-state index in [1.165, 1.54) is 17.0 Å². The standard InChI is InChI=1S/C23H16ClFN2O5/c24-16-2-1-3-17(25)15(16)10-27-18-9-14(5-7-19(18)30-11-22(27)28)26-23(29)13-4-6-20-21(8-13)32-12-31-20/h1-9H,10-12H2,(H,26,29). The van der Waals surface area contributed by atoms with Crippen LogP contribution < -0.4 is 24.4 Å². The zero-order chi connectivity index (χ0) is 22.2. The van der Waals surface area contributed by atoms with Crippen LogP contribution in [0.2, 0.25) is 5.02 Å². The van der Waals surface area contributed by atoms with Crippen LogP contribution in [0.3, 0.4) is 0 Å². The van der Waals surface area contributed by atoms with E-state index in [1.807, 2.05) is 0 Å². The van der Waals surface area contributed by atoms with Crippen molar-refractivity contribution in [2.24, 2.45) is 0 Å². The van der Waals surface area contributed by atoms with Gasteiger partial charge in [-0.25, -0.2) is 4.39 Å². The first-order valence-electron chi connectivity index (χ1n) is 9.71. The van der Waals surface area contributed by atoms with Gasteiger partial charge in [0.05, 0.1) is 12.2 Å². The topological polar surface area (TPSA) is 77.1 Å². The molecule has 0 atom stereocenters. The minimum atomic E-state index is -0.509. The van der Waals surface area contributed by atoms with Gasteiger partial charge in [0.1, 0.15) is 11.6 Å². The van der Waals surface area contributed by atoms with Crippen molar-refractivity contribution in [1.82, 2.24) is 0 Å². The van der Waals surface area contributed by atoms with Crippen LogP contribution in [0.25, 0.3) is 0 Å². The van der Waals surface area contributed by atoms with Gasteiger partial charge in [-0.15, -0.1) is 0 Å². The van der Waals surface area contributed by atoms with Crippen molar-refractivity contribution in [1.29, 1.82) is 0 Å². The Labute approximate surface area is 187 Å². The van der Waals surface area contributed by atoms with E-state index in [-0.39, 0.29) is 42.3 Å². The van der Waals surface area contributed by atoms with Crippen LogP contribution in [0, 0.1) is 5.82 Å². The number of hydrogen-bond donors (Lipinski definition) is 1. The van der Waals surface area contributed by atoms with E-state index in [2.05, 4.69) is 5.32 Å². The van der Waals surface area contributed by atoms with E-state index in [9.17, 15) is 14.0 Å². The predicted molar refractivity (Wildman–Crippen MR) is 115 cm³/mol. The summed E-state index contributed by atoms with van der Waals surface area (Å²) in [6, 6.07) is 14.1. The predicted octanol–water partition coefficient (Wildman–Crippen LogP) is 4.39. The molecule has 2 aliphatic rings. The Kier molecular flexibility index (Phi) is 5.07. The normalized spacial score (nSPS) is 14.1. The second-order valence-corrected chi connectivity index (χ2v) is 7.58. The second kappa shape index (κ2) is 8.05. The number of nitrogens with zero attached hydrogens (tertiary/aromatic N) is 1. The average molecular weight is 455 g/mol. The number of carbonyl (C=O) groups excluding carboxylic acids is 2. The van der Waals surface area contributed by atoms with Crippen molar-refractivity contribution in [3.05, 3.63) is 76.6 Å². The van der Waals surface area contributed by atoms with E-state index >= 15 is 0 Å². The zero-order valence-electron chi connectivity index (χ0n) is 16.6. The van der Waals surface area contributed by atoms with Gasteiger partial charge in [0, 0.05) is 21.8 Å². The Morgan fingerprint density at radius 3 is 2.69 bits per heavy atom. The van der Waals surface area contributed by atoms with Crippen molar-refractivity contribution in [3.8, 4) is 17.2 Å². The largest absolute Gasteiger partial charge is 0.482 e. The van der Waals surface area contributed by atoms with Crippen LogP contribution in [0.1, 0.15) is 15.9 Å². The third-order valence-electron chi connectivity index (χ3n) is 5.17. The number of anilines is 2. The fraction of sp³-hybridized carbons (Fsp3) is 0.130. The number of rotatable bonds is 4. The molecule has 0 aromatic heterocycles. The van der Waals surface area contributed by atoms with E-state index < -0.39 is 5.82 Å². The molecule has 0 fully saturated rings.